The van der Waals surface area contributed by atoms with Crippen LogP contribution in [0.2, 0.25) is 0 Å². The molecular formula is C18Fe3N18Re2-6. The maximum Gasteiger partial charge on any atom is 4.00 e. The Morgan fingerprint density at radius 2 is 0.122 bits per heavy atom. The van der Waals surface area contributed by atoms with E-state index >= 15 is 0 Å². The Bertz CT molecular complexity index is 374. The Kier molecular flexibility index (Phi) is 6380. The minimum absolute atomic E-state index is 0. The predicted molar refractivity (Wildman–Crippen MR) is 89.4 cm³/mol. The summed E-state index contributed by atoms with van der Waals surface area (Å²) in [7, 11) is 0. The zero-order valence-electron chi connectivity index (χ0n) is 18.9. The van der Waals surface area contributed by atoms with E-state index in [2.05, 4.69) is 0 Å². The van der Waals surface area contributed by atoms with E-state index in [0.717, 1.165) is 0 Å². The van der Waals surface area contributed by atoms with Crippen molar-refractivity contribution in [1.82, 2.24) is 0 Å². The average molecular weight is 1010 g/mol. The van der Waals surface area contributed by atoms with Gasteiger partial charge in [-0.25, -0.2) is 0 Å². The van der Waals surface area contributed by atoms with E-state index in [1.165, 1.54) is 0 Å². The minimum atomic E-state index is 0. The van der Waals surface area contributed by atoms with Gasteiger partial charge in [0.25, 0.3) is 0 Å². The fourth-order valence-electron chi connectivity index (χ4n) is 0. The molecule has 0 saturated carbocycles. The molecule has 0 aliphatic heterocycles. The second-order valence-electron chi connectivity index (χ2n) is 0. The van der Waals surface area contributed by atoms with Crippen molar-refractivity contribution in [3.05, 3.63) is 118 Å². The third-order valence-corrected chi connectivity index (χ3v) is 0. The number of hydrogen-bond donors (Lipinski definition) is 0. The summed E-state index contributed by atoms with van der Waals surface area (Å²) >= 11 is 0. The molecule has 0 atom stereocenters. The van der Waals surface area contributed by atoms with Gasteiger partial charge in [0.15, 0.2) is 0 Å². The van der Waals surface area contributed by atoms with Gasteiger partial charge in [0.1, 0.15) is 0 Å². The Labute approximate surface area is 302 Å². The molecule has 41 heavy (non-hydrogen) atoms. The molecule has 0 aromatic heterocycles. The van der Waals surface area contributed by atoms with Crippen molar-refractivity contribution in [3.8, 4) is 0 Å². The Morgan fingerprint density at radius 3 is 0.122 bits per heavy atom. The SMILES string of the molecule is [C-]#N.[C-]#N.[C-]#N.[C-]#N.[C-]#N.[C-]#N.[C-]#N.[C-]#N.[C-]#N.[C-]#N.[C-]#N.[C-]#N.[C-]#N.[C-]#N.[C-]#N.[C-]#N.[C-]#N.[C-]#N.[Fe+4].[Fe+4].[Fe+4].[Re].[Re]. The number of nitrogens with zero attached hydrogens (tertiary/aromatic N) is 18. The normalized spacial score (nSPS) is 0.878. The summed E-state index contributed by atoms with van der Waals surface area (Å²) in [6.45, 7) is 85.5. The first-order valence-electron chi connectivity index (χ1n) is 4.02. The molecule has 0 heterocycles. The molecule has 0 saturated heterocycles. The standard InChI is InChI=1S/18CN.3Fe.2Re/c18*1-2;;;;;/q18*-1;3*+4;;. The van der Waals surface area contributed by atoms with Gasteiger partial charge in [-0.2, -0.15) is 0 Å². The maximum atomic E-state index is 6.25. The molecule has 0 aromatic rings. The van der Waals surface area contributed by atoms with Crippen LogP contribution in [-0.4, -0.2) is 0 Å². The first-order chi connectivity index (χ1) is 18.0. The molecule has 0 rings (SSSR count). The smallest absolute Gasteiger partial charge is 0.512 e. The van der Waals surface area contributed by atoms with Gasteiger partial charge in [0.05, 0.1) is 0 Å². The van der Waals surface area contributed by atoms with Crippen LogP contribution < -0.4 is 0 Å². The van der Waals surface area contributed by atoms with Gasteiger partial charge in [-0.15, -0.1) is 0 Å². The average Bonchev–Trinajstić information content (AvgIpc) is 3.13. The molecule has 18 nitrogen and oxygen atoms in total. The van der Waals surface area contributed by atoms with Gasteiger partial charge in [0, 0.05) is 40.8 Å². The maximum absolute atomic E-state index is 6.25. The third kappa shape index (κ3) is 854. The summed E-state index contributed by atoms with van der Waals surface area (Å²) in [5.41, 5.74) is 0. The van der Waals surface area contributed by atoms with Crippen molar-refractivity contribution in [2.75, 3.05) is 0 Å². The Balaban J connectivity index is -0.00000000396. The second kappa shape index (κ2) is 909. The second-order valence-corrected chi connectivity index (χ2v) is 0. The molecule has 0 spiro atoms. The van der Waals surface area contributed by atoms with Crippen LogP contribution in [0.5, 0.6) is 0 Å². The van der Waals surface area contributed by atoms with E-state index in [1.807, 2.05) is 0 Å². The monoisotopic (exact) mass is 1010 g/mol. The molecule has 0 amide bonds. The van der Waals surface area contributed by atoms with E-state index in [9.17, 15) is 0 Å². The van der Waals surface area contributed by atoms with Crippen LogP contribution in [-0.2, 0) is 92.1 Å². The zero-order chi connectivity index (χ0) is 36.0. The molecule has 0 unspecified atom stereocenters. The topological polar surface area (TPSA) is 428 Å². The molecule has 0 aliphatic rings. The quantitative estimate of drug-likeness (QED) is 0.246. The van der Waals surface area contributed by atoms with E-state index in [0.29, 0.717) is 0 Å². The summed E-state index contributed by atoms with van der Waals surface area (Å²) in [6.07, 6.45) is 0. The zero-order valence-corrected chi connectivity index (χ0v) is 27.6. The largest absolute Gasteiger partial charge is 4.00 e. The summed E-state index contributed by atoms with van der Waals surface area (Å²) in [5.74, 6) is 0. The molecule has 0 fully saturated rings. The summed E-state index contributed by atoms with van der Waals surface area (Å²) in [6, 6.07) is 0. The summed E-state index contributed by atoms with van der Waals surface area (Å²) in [5, 5.41) is 112. The fourth-order valence-corrected chi connectivity index (χ4v) is 0. The molecule has 0 N–H and O–H groups in total. The first kappa shape index (κ1) is 288. The van der Waals surface area contributed by atoms with Crippen molar-refractivity contribution in [3.63, 3.8) is 0 Å². The van der Waals surface area contributed by atoms with Gasteiger partial charge in [-0.1, -0.05) is 0 Å². The Morgan fingerprint density at radius 1 is 0.122 bits per heavy atom. The predicted octanol–water partition coefficient (Wildman–Crippen LogP) is 1.72. The summed E-state index contributed by atoms with van der Waals surface area (Å²) < 4.78 is 0. The fraction of sp³-hybridized carbons (Fsp3) is 0. The number of rotatable bonds is 0. The molecule has 23 heteroatoms. The minimum Gasteiger partial charge on any atom is -0.512 e. The first-order valence-corrected chi connectivity index (χ1v) is 4.02. The van der Waals surface area contributed by atoms with Crippen LogP contribution in [0, 0.1) is 213 Å². The van der Waals surface area contributed by atoms with E-state index < -0.39 is 0 Å². The molecule has 0 aliphatic carbocycles. The van der Waals surface area contributed by atoms with Crippen molar-refractivity contribution >= 4 is 0 Å². The third-order valence-electron chi connectivity index (χ3n) is 0. The van der Waals surface area contributed by atoms with E-state index in [-0.39, 0.29) is 92.1 Å². The van der Waals surface area contributed by atoms with Crippen molar-refractivity contribution in [2.45, 2.75) is 0 Å². The van der Waals surface area contributed by atoms with Crippen LogP contribution in [0.1, 0.15) is 0 Å². The van der Waals surface area contributed by atoms with Crippen LogP contribution in [0.4, 0.5) is 0 Å². The Hall–Kier alpha value is -6.30. The van der Waals surface area contributed by atoms with Gasteiger partial charge >= 0.3 is 51.2 Å². The van der Waals surface area contributed by atoms with Crippen molar-refractivity contribution in [2.24, 2.45) is 0 Å². The van der Waals surface area contributed by atoms with Crippen LogP contribution in [0.15, 0.2) is 0 Å². The number of hydrogen-bond acceptors (Lipinski definition) is 18. The molecule has 0 aromatic carbocycles. The molecular weight excluding hydrogens is 1010 g/mol. The summed E-state index contributed by atoms with van der Waals surface area (Å²) in [4.78, 5) is 0. The van der Waals surface area contributed by atoms with E-state index in [4.69, 9.17) is 213 Å². The van der Waals surface area contributed by atoms with Crippen LogP contribution in [0.3, 0.4) is 0 Å². The molecule has 206 valence electrons. The van der Waals surface area contributed by atoms with Crippen molar-refractivity contribution in [1.29, 1.82) is 94.7 Å². The van der Waals surface area contributed by atoms with Gasteiger partial charge in [-0.3, -0.25) is 0 Å². The molecule has 2 radical (unpaired) electrons. The van der Waals surface area contributed by atoms with Gasteiger partial charge in [-0.05, 0) is 0 Å². The van der Waals surface area contributed by atoms with Crippen molar-refractivity contribution < 1.29 is 92.1 Å². The van der Waals surface area contributed by atoms with Gasteiger partial charge < -0.3 is 213 Å². The van der Waals surface area contributed by atoms with Crippen LogP contribution in [0.25, 0.3) is 0 Å². The molecule has 0 bridgehead atoms. The van der Waals surface area contributed by atoms with Crippen LogP contribution >= 0.6 is 0 Å². The van der Waals surface area contributed by atoms with Gasteiger partial charge in [0.2, 0.25) is 0 Å². The van der Waals surface area contributed by atoms with E-state index in [1.54, 1.807) is 0 Å².